The molecule has 0 unspecified atom stereocenters. The maximum atomic E-state index is 6.01. The van der Waals surface area contributed by atoms with E-state index < -0.39 is 0 Å². The molecule has 186 valence electrons. The minimum atomic E-state index is 0.812. The van der Waals surface area contributed by atoms with Crippen LogP contribution in [0.1, 0.15) is 37.7 Å². The Labute approximate surface area is 210 Å². The van der Waals surface area contributed by atoms with Gasteiger partial charge in [0.1, 0.15) is 5.75 Å². The summed E-state index contributed by atoms with van der Waals surface area (Å²) in [6, 6.07) is 19.4. The molecule has 2 fully saturated rings. The van der Waals surface area contributed by atoms with Gasteiger partial charge in [-0.2, -0.15) is 0 Å². The van der Waals surface area contributed by atoms with Crippen LogP contribution in [0.2, 0.25) is 0 Å². The molecular formula is C30H40N4O. The molecule has 0 spiro atoms. The number of hydrogen-bond acceptors (Lipinski definition) is 5. The molecule has 0 radical (unpaired) electrons. The number of hydrogen-bond donors (Lipinski definition) is 0. The normalized spacial score (nSPS) is 18.0. The van der Waals surface area contributed by atoms with Crippen molar-refractivity contribution in [3.05, 3.63) is 66.4 Å². The first-order valence-electron chi connectivity index (χ1n) is 13.6. The minimum absolute atomic E-state index is 0.812. The number of likely N-dealkylation sites (tertiary alicyclic amines) is 1. The molecule has 3 heterocycles. The van der Waals surface area contributed by atoms with Crippen LogP contribution in [0.4, 0.5) is 5.69 Å². The third kappa shape index (κ3) is 6.74. The van der Waals surface area contributed by atoms with Crippen molar-refractivity contribution in [1.29, 1.82) is 0 Å². The Balaban J connectivity index is 1.02. The van der Waals surface area contributed by atoms with E-state index in [1.165, 1.54) is 62.0 Å². The van der Waals surface area contributed by atoms with Crippen molar-refractivity contribution >= 4 is 16.6 Å². The number of rotatable bonds is 9. The van der Waals surface area contributed by atoms with Crippen molar-refractivity contribution in [3.63, 3.8) is 0 Å². The summed E-state index contributed by atoms with van der Waals surface area (Å²) in [4.78, 5) is 12.3. The molecular weight excluding hydrogens is 432 g/mol. The zero-order valence-corrected chi connectivity index (χ0v) is 21.1. The number of para-hydroxylation sites is 1. The Morgan fingerprint density at radius 2 is 1.46 bits per heavy atom. The fourth-order valence-electron chi connectivity index (χ4n) is 5.43. The number of nitrogens with zero attached hydrogens (tertiary/aromatic N) is 4. The summed E-state index contributed by atoms with van der Waals surface area (Å²) < 4.78 is 6.01. The highest BCUT2D eigenvalue weighted by atomic mass is 16.5. The van der Waals surface area contributed by atoms with E-state index in [0.29, 0.717) is 0 Å². The van der Waals surface area contributed by atoms with E-state index >= 15 is 0 Å². The molecule has 5 rings (SSSR count). The molecule has 1 aromatic heterocycles. The van der Waals surface area contributed by atoms with E-state index in [1.807, 2.05) is 12.3 Å². The van der Waals surface area contributed by atoms with Gasteiger partial charge in [0.25, 0.3) is 0 Å². The maximum Gasteiger partial charge on any atom is 0.119 e. The number of benzene rings is 2. The van der Waals surface area contributed by atoms with Gasteiger partial charge in [0, 0.05) is 50.9 Å². The summed E-state index contributed by atoms with van der Waals surface area (Å²) >= 11 is 0. The van der Waals surface area contributed by atoms with Gasteiger partial charge in [-0.05, 0) is 68.6 Å². The summed E-state index contributed by atoms with van der Waals surface area (Å²) in [6.07, 6.45) is 9.62. The first kappa shape index (κ1) is 24.1. The number of fused-ring (bicyclic) bond motifs is 1. The van der Waals surface area contributed by atoms with E-state index in [1.54, 1.807) is 0 Å². The Kier molecular flexibility index (Phi) is 8.51. The van der Waals surface area contributed by atoms with Crippen molar-refractivity contribution < 1.29 is 4.74 Å². The lowest BCUT2D eigenvalue weighted by atomic mass is 10.1. The number of aromatic nitrogens is 1. The van der Waals surface area contributed by atoms with Crippen LogP contribution in [0.15, 0.2) is 60.8 Å². The topological polar surface area (TPSA) is 31.8 Å². The zero-order chi connectivity index (χ0) is 23.7. The molecule has 0 atom stereocenters. The van der Waals surface area contributed by atoms with Crippen molar-refractivity contribution in [1.82, 2.24) is 14.8 Å². The van der Waals surface area contributed by atoms with E-state index in [4.69, 9.17) is 4.74 Å². The molecule has 3 aromatic rings. The van der Waals surface area contributed by atoms with Crippen LogP contribution in [0.25, 0.3) is 10.9 Å². The second-order valence-electron chi connectivity index (χ2n) is 10.0. The molecule has 0 amide bonds. The number of ether oxygens (including phenoxy) is 1. The molecule has 2 aromatic carbocycles. The summed E-state index contributed by atoms with van der Waals surface area (Å²) in [7, 11) is 0. The highest BCUT2D eigenvalue weighted by Crippen LogP contribution is 2.25. The molecule has 0 bridgehead atoms. The summed E-state index contributed by atoms with van der Waals surface area (Å²) in [5.41, 5.74) is 3.78. The highest BCUT2D eigenvalue weighted by Gasteiger charge is 2.19. The van der Waals surface area contributed by atoms with Gasteiger partial charge in [0.2, 0.25) is 0 Å². The van der Waals surface area contributed by atoms with Crippen molar-refractivity contribution in [2.75, 3.05) is 63.9 Å². The Hall–Kier alpha value is -2.63. The average molecular weight is 473 g/mol. The molecule has 2 aliphatic heterocycles. The first-order valence-corrected chi connectivity index (χ1v) is 13.6. The van der Waals surface area contributed by atoms with E-state index in [9.17, 15) is 0 Å². The molecule has 0 N–H and O–H groups in total. The summed E-state index contributed by atoms with van der Waals surface area (Å²) in [5, 5.41) is 1.22. The molecule has 2 aliphatic rings. The van der Waals surface area contributed by atoms with Crippen LogP contribution >= 0.6 is 0 Å². The molecule has 0 aliphatic carbocycles. The average Bonchev–Trinajstić information content (AvgIpc) is 3.20. The monoisotopic (exact) mass is 472 g/mol. The largest absolute Gasteiger partial charge is 0.494 e. The van der Waals surface area contributed by atoms with Crippen molar-refractivity contribution in [2.45, 2.75) is 38.5 Å². The van der Waals surface area contributed by atoms with Crippen LogP contribution < -0.4 is 9.64 Å². The molecule has 5 nitrogen and oxygen atoms in total. The third-order valence-corrected chi connectivity index (χ3v) is 7.55. The van der Waals surface area contributed by atoms with E-state index in [0.717, 1.165) is 63.4 Å². The number of piperazine rings is 1. The predicted octanol–water partition coefficient (Wildman–Crippen LogP) is 5.24. The van der Waals surface area contributed by atoms with Crippen LogP contribution in [-0.4, -0.2) is 73.7 Å². The number of pyridine rings is 1. The van der Waals surface area contributed by atoms with Gasteiger partial charge < -0.3 is 14.5 Å². The Morgan fingerprint density at radius 3 is 2.26 bits per heavy atom. The van der Waals surface area contributed by atoms with Gasteiger partial charge in [-0.1, -0.05) is 43.2 Å². The van der Waals surface area contributed by atoms with Crippen LogP contribution in [0, 0.1) is 0 Å². The number of anilines is 1. The standard InChI is InChI=1S/C30H40N4O/c1-2-4-18-32(17-3-1)19-7-25-35-28-13-11-26(12-14-28)15-20-33-21-23-34(24-22-33)29-10-5-8-27-9-6-16-31-30(27)29/h5-6,8-14,16H,1-4,7,15,17-25H2. The van der Waals surface area contributed by atoms with Crippen molar-refractivity contribution in [2.24, 2.45) is 0 Å². The summed E-state index contributed by atoms with van der Waals surface area (Å²) in [5.74, 6) is 1.00. The lowest BCUT2D eigenvalue weighted by Gasteiger charge is -2.36. The van der Waals surface area contributed by atoms with Gasteiger partial charge in [-0.25, -0.2) is 0 Å². The van der Waals surface area contributed by atoms with Crippen LogP contribution in [0.5, 0.6) is 5.75 Å². The van der Waals surface area contributed by atoms with Gasteiger partial charge in [0.05, 0.1) is 17.8 Å². The fourth-order valence-corrected chi connectivity index (χ4v) is 5.43. The molecule has 35 heavy (non-hydrogen) atoms. The maximum absolute atomic E-state index is 6.01. The highest BCUT2D eigenvalue weighted by molar-refractivity contribution is 5.90. The van der Waals surface area contributed by atoms with Crippen LogP contribution in [-0.2, 0) is 6.42 Å². The molecule has 2 saturated heterocycles. The van der Waals surface area contributed by atoms with Gasteiger partial charge >= 0.3 is 0 Å². The summed E-state index contributed by atoms with van der Waals surface area (Å²) in [6.45, 7) is 9.93. The Bertz CT molecular complexity index is 1030. The van der Waals surface area contributed by atoms with E-state index in [2.05, 4.69) is 68.2 Å². The lowest BCUT2D eigenvalue weighted by molar-refractivity contribution is 0.240. The SMILES string of the molecule is c1cnc2c(N3CCN(CCc4ccc(OCCCN5CCCCCC5)cc4)CC3)cccc2c1. The fraction of sp³-hybridized carbons (Fsp3) is 0.500. The van der Waals surface area contributed by atoms with Crippen LogP contribution in [0.3, 0.4) is 0 Å². The van der Waals surface area contributed by atoms with Crippen molar-refractivity contribution in [3.8, 4) is 5.75 Å². The lowest BCUT2D eigenvalue weighted by Crippen LogP contribution is -2.47. The molecule has 5 heteroatoms. The van der Waals surface area contributed by atoms with Gasteiger partial charge in [0.15, 0.2) is 0 Å². The quantitative estimate of drug-likeness (QED) is 0.398. The zero-order valence-electron chi connectivity index (χ0n) is 21.1. The van der Waals surface area contributed by atoms with Gasteiger partial charge in [-0.3, -0.25) is 9.88 Å². The predicted molar refractivity (Wildman–Crippen MR) is 146 cm³/mol. The van der Waals surface area contributed by atoms with E-state index in [-0.39, 0.29) is 0 Å². The van der Waals surface area contributed by atoms with Gasteiger partial charge in [-0.15, -0.1) is 0 Å². The molecule has 0 saturated carbocycles. The Morgan fingerprint density at radius 1 is 0.714 bits per heavy atom. The first-order chi connectivity index (χ1) is 17.3. The second-order valence-corrected chi connectivity index (χ2v) is 10.0. The third-order valence-electron chi connectivity index (χ3n) is 7.55. The smallest absolute Gasteiger partial charge is 0.119 e. The minimum Gasteiger partial charge on any atom is -0.494 e. The second kappa shape index (κ2) is 12.4.